The molecule has 0 aromatic heterocycles. The van der Waals surface area contributed by atoms with Gasteiger partial charge in [0.25, 0.3) is 5.91 Å². The van der Waals surface area contributed by atoms with Crippen molar-refractivity contribution in [3.05, 3.63) is 62.6 Å². The van der Waals surface area contributed by atoms with E-state index in [0.717, 1.165) is 5.56 Å². The molecule has 0 saturated heterocycles. The normalized spacial score (nSPS) is 11.6. The van der Waals surface area contributed by atoms with E-state index in [1.54, 1.807) is 17.0 Å². The molecule has 0 aliphatic carbocycles. The smallest absolute Gasteiger partial charge is 0.258 e. The lowest BCUT2D eigenvalue weighted by atomic mass is 10.0. The predicted octanol–water partition coefficient (Wildman–Crippen LogP) is 4.90. The number of carbonyl (C=O) groups is 1. The first-order valence-corrected chi connectivity index (χ1v) is 8.55. The summed E-state index contributed by atoms with van der Waals surface area (Å²) in [7, 11) is 0. The molecule has 1 atom stereocenters. The molecule has 2 rings (SSSR count). The topological polar surface area (TPSA) is 64.3 Å². The number of halogens is 2. The Morgan fingerprint density at radius 3 is 2.54 bits per heavy atom. The van der Waals surface area contributed by atoms with Gasteiger partial charge in [-0.2, -0.15) is 5.26 Å². The summed E-state index contributed by atoms with van der Waals surface area (Å²) in [5, 5.41) is 19.4. The predicted molar refractivity (Wildman–Crippen MR) is 97.1 cm³/mol. The van der Waals surface area contributed by atoms with Crippen molar-refractivity contribution in [1.82, 2.24) is 4.90 Å². The SMILES string of the molecule is CCN(C(=O)c1cc(Cl)cc(Br)c1O)[C@@H](C)c1ccc(C#N)cc1. The van der Waals surface area contributed by atoms with Crippen molar-refractivity contribution in [2.24, 2.45) is 0 Å². The van der Waals surface area contributed by atoms with E-state index >= 15 is 0 Å². The highest BCUT2D eigenvalue weighted by Crippen LogP contribution is 2.33. The first-order chi connectivity index (χ1) is 11.4. The molecule has 0 heterocycles. The van der Waals surface area contributed by atoms with Crippen LogP contribution in [-0.2, 0) is 0 Å². The van der Waals surface area contributed by atoms with E-state index in [-0.39, 0.29) is 23.3 Å². The number of rotatable bonds is 4. The molecule has 2 aromatic rings. The second kappa shape index (κ2) is 7.69. The molecule has 2 aromatic carbocycles. The summed E-state index contributed by atoms with van der Waals surface area (Å²) in [6, 6.07) is 11.9. The van der Waals surface area contributed by atoms with Gasteiger partial charge < -0.3 is 10.0 Å². The van der Waals surface area contributed by atoms with Crippen LogP contribution in [-0.4, -0.2) is 22.5 Å². The molecule has 0 unspecified atom stereocenters. The van der Waals surface area contributed by atoms with E-state index in [9.17, 15) is 9.90 Å². The zero-order chi connectivity index (χ0) is 17.9. The van der Waals surface area contributed by atoms with E-state index in [0.29, 0.717) is 21.6 Å². The maximum Gasteiger partial charge on any atom is 0.258 e. The van der Waals surface area contributed by atoms with Gasteiger partial charge in [0.2, 0.25) is 0 Å². The monoisotopic (exact) mass is 406 g/mol. The average molecular weight is 408 g/mol. The molecule has 1 amide bonds. The van der Waals surface area contributed by atoms with Crippen LogP contribution in [0.2, 0.25) is 5.02 Å². The van der Waals surface area contributed by atoms with Gasteiger partial charge in [-0.15, -0.1) is 0 Å². The largest absolute Gasteiger partial charge is 0.506 e. The van der Waals surface area contributed by atoms with E-state index in [2.05, 4.69) is 22.0 Å². The molecule has 4 nitrogen and oxygen atoms in total. The average Bonchev–Trinajstić information content (AvgIpc) is 2.58. The van der Waals surface area contributed by atoms with E-state index in [1.807, 2.05) is 26.0 Å². The number of nitrogens with zero attached hydrogens (tertiary/aromatic N) is 2. The molecule has 0 radical (unpaired) electrons. The zero-order valence-electron chi connectivity index (χ0n) is 13.3. The Labute approximate surface area is 154 Å². The Balaban J connectivity index is 2.36. The fourth-order valence-corrected chi connectivity index (χ4v) is 3.30. The van der Waals surface area contributed by atoms with Gasteiger partial charge in [0, 0.05) is 11.6 Å². The van der Waals surface area contributed by atoms with Crippen molar-refractivity contribution >= 4 is 33.4 Å². The Morgan fingerprint density at radius 1 is 1.38 bits per heavy atom. The van der Waals surface area contributed by atoms with Crippen LogP contribution in [0.25, 0.3) is 0 Å². The molecule has 124 valence electrons. The van der Waals surface area contributed by atoms with Crippen molar-refractivity contribution in [3.63, 3.8) is 0 Å². The summed E-state index contributed by atoms with van der Waals surface area (Å²) in [6.45, 7) is 4.23. The summed E-state index contributed by atoms with van der Waals surface area (Å²) in [5.41, 5.74) is 1.62. The van der Waals surface area contributed by atoms with Gasteiger partial charge in [-0.1, -0.05) is 23.7 Å². The fourth-order valence-electron chi connectivity index (χ4n) is 2.49. The fraction of sp³-hybridized carbons (Fsp3) is 0.222. The van der Waals surface area contributed by atoms with Crippen LogP contribution < -0.4 is 0 Å². The first-order valence-electron chi connectivity index (χ1n) is 7.38. The maximum absolute atomic E-state index is 12.9. The summed E-state index contributed by atoms with van der Waals surface area (Å²) in [5.74, 6) is -0.440. The molecule has 0 aliphatic heterocycles. The van der Waals surface area contributed by atoms with Crippen molar-refractivity contribution in [3.8, 4) is 11.8 Å². The molecule has 0 fully saturated rings. The minimum Gasteiger partial charge on any atom is -0.506 e. The number of benzene rings is 2. The Hall–Kier alpha value is -2.03. The number of amides is 1. The molecular weight excluding hydrogens is 392 g/mol. The van der Waals surface area contributed by atoms with Crippen LogP contribution in [0.5, 0.6) is 5.75 Å². The van der Waals surface area contributed by atoms with Crippen LogP contribution >= 0.6 is 27.5 Å². The number of hydrogen-bond acceptors (Lipinski definition) is 3. The lowest BCUT2D eigenvalue weighted by Crippen LogP contribution is -2.33. The van der Waals surface area contributed by atoms with Gasteiger partial charge in [-0.3, -0.25) is 4.79 Å². The van der Waals surface area contributed by atoms with Gasteiger partial charge in [0.05, 0.1) is 27.7 Å². The Kier molecular flexibility index (Phi) is 5.87. The molecular formula is C18H16BrClN2O2. The third-order valence-electron chi connectivity index (χ3n) is 3.85. The molecule has 1 N–H and O–H groups in total. The van der Waals surface area contributed by atoms with Crippen LogP contribution in [0.3, 0.4) is 0 Å². The third-order valence-corrected chi connectivity index (χ3v) is 4.67. The van der Waals surface area contributed by atoms with Crippen LogP contribution in [0, 0.1) is 11.3 Å². The summed E-state index contributed by atoms with van der Waals surface area (Å²) >= 11 is 9.20. The van der Waals surface area contributed by atoms with Crippen LogP contribution in [0.15, 0.2) is 40.9 Å². The van der Waals surface area contributed by atoms with E-state index in [1.165, 1.54) is 12.1 Å². The number of carbonyl (C=O) groups excluding carboxylic acids is 1. The minimum atomic E-state index is -0.310. The van der Waals surface area contributed by atoms with Crippen LogP contribution in [0.1, 0.15) is 41.4 Å². The van der Waals surface area contributed by atoms with Gasteiger partial charge in [-0.25, -0.2) is 0 Å². The van der Waals surface area contributed by atoms with Gasteiger partial charge in [0.15, 0.2) is 0 Å². The Morgan fingerprint density at radius 2 is 2.00 bits per heavy atom. The number of phenolic OH excluding ortho intramolecular Hbond substituents is 1. The first kappa shape index (κ1) is 18.3. The summed E-state index contributed by atoms with van der Waals surface area (Å²) < 4.78 is 0.375. The lowest BCUT2D eigenvalue weighted by Gasteiger charge is -2.29. The quantitative estimate of drug-likeness (QED) is 0.783. The third kappa shape index (κ3) is 3.72. The van der Waals surface area contributed by atoms with Crippen molar-refractivity contribution < 1.29 is 9.90 Å². The molecule has 24 heavy (non-hydrogen) atoms. The molecule has 0 bridgehead atoms. The van der Waals surface area contributed by atoms with Crippen molar-refractivity contribution in [2.75, 3.05) is 6.54 Å². The van der Waals surface area contributed by atoms with Gasteiger partial charge in [0.1, 0.15) is 5.75 Å². The molecule has 6 heteroatoms. The molecule has 0 saturated carbocycles. The molecule has 0 spiro atoms. The number of nitriles is 1. The van der Waals surface area contributed by atoms with Crippen LogP contribution in [0.4, 0.5) is 0 Å². The minimum absolute atomic E-state index is 0.130. The maximum atomic E-state index is 12.9. The number of aromatic hydroxyl groups is 1. The highest BCUT2D eigenvalue weighted by Gasteiger charge is 2.25. The number of hydrogen-bond donors (Lipinski definition) is 1. The summed E-state index contributed by atoms with van der Waals surface area (Å²) in [6.07, 6.45) is 0. The number of phenols is 1. The Bertz CT molecular complexity index is 800. The standard InChI is InChI=1S/C18H16BrClN2O2/c1-3-22(11(2)13-6-4-12(10-21)5-7-13)18(24)15-8-14(20)9-16(19)17(15)23/h4-9,11,23H,3H2,1-2H3/t11-/m0/s1. The second-order valence-corrected chi connectivity index (χ2v) is 6.58. The zero-order valence-corrected chi connectivity index (χ0v) is 15.6. The van der Waals surface area contributed by atoms with Crippen molar-refractivity contribution in [2.45, 2.75) is 19.9 Å². The lowest BCUT2D eigenvalue weighted by molar-refractivity contribution is 0.0699. The second-order valence-electron chi connectivity index (χ2n) is 5.28. The summed E-state index contributed by atoms with van der Waals surface area (Å²) in [4.78, 5) is 14.5. The van der Waals surface area contributed by atoms with Gasteiger partial charge >= 0.3 is 0 Å². The highest BCUT2D eigenvalue weighted by atomic mass is 79.9. The highest BCUT2D eigenvalue weighted by molar-refractivity contribution is 9.10. The molecule has 0 aliphatic rings. The van der Waals surface area contributed by atoms with Gasteiger partial charge in [-0.05, 0) is 59.6 Å². The van der Waals surface area contributed by atoms with Crippen molar-refractivity contribution in [1.29, 1.82) is 5.26 Å². The van der Waals surface area contributed by atoms with E-state index in [4.69, 9.17) is 16.9 Å². The van der Waals surface area contributed by atoms with E-state index < -0.39 is 0 Å².